The number of aliphatic hydroxyl groups is 1. The summed E-state index contributed by atoms with van der Waals surface area (Å²) in [5.41, 5.74) is -0.0988. The molecule has 1 aromatic rings. The first-order valence-electron chi connectivity index (χ1n) is 6.60. The van der Waals surface area contributed by atoms with Crippen LogP contribution < -0.4 is 10.5 Å². The first-order chi connectivity index (χ1) is 8.61. The molecule has 0 bridgehead atoms. The molecule has 18 heavy (non-hydrogen) atoms. The Morgan fingerprint density at radius 2 is 2.39 bits per heavy atom. The van der Waals surface area contributed by atoms with Gasteiger partial charge in [-0.3, -0.25) is 4.79 Å². The summed E-state index contributed by atoms with van der Waals surface area (Å²) in [5, 5.41) is 9.07. The largest absolute Gasteiger partial charge is 0.396 e. The van der Waals surface area contributed by atoms with Crippen molar-refractivity contribution in [3.8, 4) is 0 Å². The molecule has 0 aromatic carbocycles. The van der Waals surface area contributed by atoms with Gasteiger partial charge in [0.05, 0.1) is 0 Å². The number of anilines is 1. The van der Waals surface area contributed by atoms with Gasteiger partial charge in [0, 0.05) is 31.2 Å². The molecule has 1 fully saturated rings. The van der Waals surface area contributed by atoms with E-state index in [2.05, 4.69) is 14.9 Å². The predicted molar refractivity (Wildman–Crippen MR) is 71.0 cm³/mol. The average Bonchev–Trinajstić information content (AvgIpc) is 2.77. The smallest absolute Gasteiger partial charge is 0.252 e. The minimum Gasteiger partial charge on any atom is -0.396 e. The summed E-state index contributed by atoms with van der Waals surface area (Å²) < 4.78 is 0. The molecular weight excluding hydrogens is 230 g/mol. The van der Waals surface area contributed by atoms with Gasteiger partial charge < -0.3 is 15.0 Å². The van der Waals surface area contributed by atoms with Gasteiger partial charge in [0.1, 0.15) is 11.6 Å². The molecule has 0 radical (unpaired) electrons. The zero-order chi connectivity index (χ0) is 13.1. The van der Waals surface area contributed by atoms with E-state index in [0.717, 1.165) is 37.4 Å². The van der Waals surface area contributed by atoms with E-state index in [1.165, 1.54) is 0 Å². The lowest BCUT2D eigenvalue weighted by atomic mass is 10.1. The fourth-order valence-corrected chi connectivity index (χ4v) is 2.47. The van der Waals surface area contributed by atoms with Crippen LogP contribution in [0.15, 0.2) is 10.9 Å². The third-order valence-corrected chi connectivity index (χ3v) is 3.43. The SMILES string of the molecule is CC(C)c1nc(N2CCCC2CCO)cc(=O)[nH]1. The second-order valence-corrected chi connectivity index (χ2v) is 5.15. The van der Waals surface area contributed by atoms with E-state index in [4.69, 9.17) is 5.11 Å². The maximum absolute atomic E-state index is 11.7. The zero-order valence-corrected chi connectivity index (χ0v) is 11.0. The minimum atomic E-state index is -0.0988. The number of aromatic amines is 1. The van der Waals surface area contributed by atoms with Gasteiger partial charge in [0.15, 0.2) is 0 Å². The molecule has 2 N–H and O–H groups in total. The van der Waals surface area contributed by atoms with Crippen molar-refractivity contribution in [1.29, 1.82) is 0 Å². The highest BCUT2D eigenvalue weighted by Gasteiger charge is 2.25. The van der Waals surface area contributed by atoms with E-state index in [1.54, 1.807) is 6.07 Å². The number of hydrogen-bond acceptors (Lipinski definition) is 4. The summed E-state index contributed by atoms with van der Waals surface area (Å²) in [5.74, 6) is 1.68. The number of H-pyrrole nitrogens is 1. The monoisotopic (exact) mass is 251 g/mol. The van der Waals surface area contributed by atoms with Crippen LogP contribution in [-0.4, -0.2) is 34.3 Å². The van der Waals surface area contributed by atoms with Crippen molar-refractivity contribution < 1.29 is 5.11 Å². The summed E-state index contributed by atoms with van der Waals surface area (Å²) in [6.45, 7) is 5.12. The minimum absolute atomic E-state index is 0.0988. The van der Waals surface area contributed by atoms with Crippen LogP contribution in [0, 0.1) is 0 Å². The van der Waals surface area contributed by atoms with Gasteiger partial charge >= 0.3 is 0 Å². The Morgan fingerprint density at radius 1 is 1.61 bits per heavy atom. The predicted octanol–water partition coefficient (Wildman–Crippen LogP) is 1.24. The Hall–Kier alpha value is -1.36. The molecule has 5 nitrogen and oxygen atoms in total. The van der Waals surface area contributed by atoms with Crippen molar-refractivity contribution in [2.45, 2.75) is 45.1 Å². The molecule has 2 heterocycles. The molecule has 5 heteroatoms. The molecule has 1 unspecified atom stereocenters. The van der Waals surface area contributed by atoms with Crippen LogP contribution >= 0.6 is 0 Å². The van der Waals surface area contributed by atoms with Crippen LogP contribution in [0.4, 0.5) is 5.82 Å². The van der Waals surface area contributed by atoms with Gasteiger partial charge in [-0.25, -0.2) is 4.98 Å². The molecule has 0 spiro atoms. The normalized spacial score (nSPS) is 19.8. The van der Waals surface area contributed by atoms with Gasteiger partial charge in [0.2, 0.25) is 0 Å². The molecule has 1 aromatic heterocycles. The highest BCUT2D eigenvalue weighted by molar-refractivity contribution is 5.40. The van der Waals surface area contributed by atoms with E-state index in [9.17, 15) is 4.79 Å². The molecule has 0 saturated carbocycles. The number of hydrogen-bond donors (Lipinski definition) is 2. The number of aliphatic hydroxyl groups excluding tert-OH is 1. The van der Waals surface area contributed by atoms with E-state index in [0.29, 0.717) is 6.04 Å². The molecule has 1 saturated heterocycles. The van der Waals surface area contributed by atoms with Gasteiger partial charge in [-0.15, -0.1) is 0 Å². The van der Waals surface area contributed by atoms with Crippen molar-refractivity contribution in [3.05, 3.63) is 22.2 Å². The standard InChI is InChI=1S/C13H21N3O2/c1-9(2)13-14-11(8-12(18)15-13)16-6-3-4-10(16)5-7-17/h8-10,17H,3-7H2,1-2H3,(H,14,15,18). The Bertz CT molecular complexity index is 456. The maximum Gasteiger partial charge on any atom is 0.252 e. The fraction of sp³-hybridized carbons (Fsp3) is 0.692. The molecule has 1 aliphatic rings. The molecule has 1 atom stereocenters. The summed E-state index contributed by atoms with van der Waals surface area (Å²) >= 11 is 0. The fourth-order valence-electron chi connectivity index (χ4n) is 2.47. The molecule has 100 valence electrons. The van der Waals surface area contributed by atoms with Gasteiger partial charge in [0.25, 0.3) is 5.56 Å². The third kappa shape index (κ3) is 2.72. The quantitative estimate of drug-likeness (QED) is 0.845. The van der Waals surface area contributed by atoms with Crippen molar-refractivity contribution in [3.63, 3.8) is 0 Å². The average molecular weight is 251 g/mol. The highest BCUT2D eigenvalue weighted by Crippen LogP contribution is 2.25. The van der Waals surface area contributed by atoms with Crippen molar-refractivity contribution in [2.24, 2.45) is 0 Å². The van der Waals surface area contributed by atoms with E-state index >= 15 is 0 Å². The van der Waals surface area contributed by atoms with Crippen LogP contribution in [0.25, 0.3) is 0 Å². The highest BCUT2D eigenvalue weighted by atomic mass is 16.3. The van der Waals surface area contributed by atoms with Crippen LogP contribution in [-0.2, 0) is 0 Å². The second-order valence-electron chi connectivity index (χ2n) is 5.15. The lowest BCUT2D eigenvalue weighted by Crippen LogP contribution is -2.32. The first-order valence-corrected chi connectivity index (χ1v) is 6.60. The van der Waals surface area contributed by atoms with Crippen LogP contribution in [0.2, 0.25) is 0 Å². The van der Waals surface area contributed by atoms with E-state index < -0.39 is 0 Å². The number of aromatic nitrogens is 2. The first kappa shape index (κ1) is 13.1. The molecule has 2 rings (SSSR count). The van der Waals surface area contributed by atoms with Crippen LogP contribution in [0.3, 0.4) is 0 Å². The summed E-state index contributed by atoms with van der Waals surface area (Å²) in [6, 6.07) is 1.87. The van der Waals surface area contributed by atoms with Gasteiger partial charge in [-0.2, -0.15) is 0 Å². The zero-order valence-electron chi connectivity index (χ0n) is 11.0. The topological polar surface area (TPSA) is 69.2 Å². The van der Waals surface area contributed by atoms with Crippen molar-refractivity contribution >= 4 is 5.82 Å². The van der Waals surface area contributed by atoms with Crippen molar-refractivity contribution in [2.75, 3.05) is 18.1 Å². The summed E-state index contributed by atoms with van der Waals surface area (Å²) in [7, 11) is 0. The Balaban J connectivity index is 2.29. The van der Waals surface area contributed by atoms with Gasteiger partial charge in [-0.05, 0) is 19.3 Å². The third-order valence-electron chi connectivity index (χ3n) is 3.43. The lowest BCUT2D eigenvalue weighted by Gasteiger charge is -2.25. The summed E-state index contributed by atoms with van der Waals surface area (Å²) in [4.78, 5) is 21.1. The number of rotatable bonds is 4. The van der Waals surface area contributed by atoms with Crippen LogP contribution in [0.1, 0.15) is 44.9 Å². The lowest BCUT2D eigenvalue weighted by molar-refractivity contribution is 0.275. The molecule has 0 aliphatic carbocycles. The summed E-state index contributed by atoms with van der Waals surface area (Å²) in [6.07, 6.45) is 2.90. The second kappa shape index (κ2) is 5.52. The number of nitrogens with zero attached hydrogens (tertiary/aromatic N) is 2. The van der Waals surface area contributed by atoms with E-state index in [1.807, 2.05) is 13.8 Å². The Labute approximate surface area is 107 Å². The maximum atomic E-state index is 11.7. The van der Waals surface area contributed by atoms with Crippen LogP contribution in [0.5, 0.6) is 0 Å². The molecule has 1 aliphatic heterocycles. The van der Waals surface area contributed by atoms with E-state index in [-0.39, 0.29) is 18.1 Å². The number of nitrogens with one attached hydrogen (secondary N) is 1. The Kier molecular flexibility index (Phi) is 4.01. The molecular formula is C13H21N3O2. The van der Waals surface area contributed by atoms with Gasteiger partial charge in [-0.1, -0.05) is 13.8 Å². The van der Waals surface area contributed by atoms with Crippen molar-refractivity contribution in [1.82, 2.24) is 9.97 Å². The molecule has 0 amide bonds. The Morgan fingerprint density at radius 3 is 3.06 bits per heavy atom.